The normalized spacial score (nSPS) is 12.1. The fourth-order valence-electron chi connectivity index (χ4n) is 9.98. The Labute approximate surface area is 369 Å². The number of aromatic nitrogens is 5. The average molecular weight is 836 g/mol. The minimum Gasteiger partial charge on any atom is -0.456 e. The molecule has 0 amide bonds. The molecule has 14 aromatic rings. The molecule has 0 aliphatic rings. The van der Waals surface area contributed by atoms with Crippen molar-refractivity contribution in [1.82, 2.24) is 24.1 Å². The van der Waals surface area contributed by atoms with E-state index in [0.717, 1.165) is 71.1 Å². The summed E-state index contributed by atoms with van der Waals surface area (Å²) in [7, 11) is 0. The van der Waals surface area contributed by atoms with Crippen molar-refractivity contribution in [2.24, 2.45) is 0 Å². The molecule has 0 saturated heterocycles. The molecule has 9 aromatic carbocycles. The van der Waals surface area contributed by atoms with Crippen molar-refractivity contribution < 1.29 is 4.42 Å². The van der Waals surface area contributed by atoms with Crippen LogP contribution in [0.15, 0.2) is 205 Å². The highest BCUT2D eigenvalue weighted by Gasteiger charge is 2.24. The summed E-state index contributed by atoms with van der Waals surface area (Å²) in [6, 6.07) is 70.8. The third-order valence-electron chi connectivity index (χ3n) is 12.7. The van der Waals surface area contributed by atoms with E-state index in [0.29, 0.717) is 17.5 Å². The van der Waals surface area contributed by atoms with Gasteiger partial charge in [-0.15, -0.1) is 11.3 Å². The predicted octanol–water partition coefficient (Wildman–Crippen LogP) is 15.3. The Hall–Kier alpha value is -8.39. The Morgan fingerprint density at radius 1 is 0.359 bits per heavy atom. The molecule has 0 aliphatic carbocycles. The molecule has 0 N–H and O–H groups in total. The molecule has 0 bridgehead atoms. The zero-order valence-electron chi connectivity index (χ0n) is 34.1. The molecule has 0 atom stereocenters. The molecule has 0 spiro atoms. The quantitative estimate of drug-likeness (QED) is 0.173. The van der Waals surface area contributed by atoms with E-state index in [2.05, 4.69) is 167 Å². The fraction of sp³-hybridized carbons (Fsp3) is 0. The molecule has 14 rings (SSSR count). The van der Waals surface area contributed by atoms with Gasteiger partial charge in [-0.25, -0.2) is 15.0 Å². The van der Waals surface area contributed by atoms with Crippen molar-refractivity contribution >= 4 is 97.1 Å². The first kappa shape index (κ1) is 35.2. The van der Waals surface area contributed by atoms with Crippen LogP contribution < -0.4 is 0 Å². The minimum atomic E-state index is 0.599. The Balaban J connectivity index is 1.08. The highest BCUT2D eigenvalue weighted by Crippen LogP contribution is 2.46. The van der Waals surface area contributed by atoms with Gasteiger partial charge in [-0.2, -0.15) is 0 Å². The van der Waals surface area contributed by atoms with E-state index in [9.17, 15) is 0 Å². The van der Waals surface area contributed by atoms with E-state index in [1.54, 1.807) is 11.3 Å². The summed E-state index contributed by atoms with van der Waals surface area (Å²) in [6.07, 6.45) is 0. The number of benzene rings is 9. The first-order valence-corrected chi connectivity index (χ1v) is 22.3. The van der Waals surface area contributed by atoms with E-state index in [4.69, 9.17) is 19.4 Å². The molecule has 0 aliphatic heterocycles. The van der Waals surface area contributed by atoms with Crippen LogP contribution in [0, 0.1) is 0 Å². The topological polar surface area (TPSA) is 61.7 Å². The summed E-state index contributed by atoms with van der Waals surface area (Å²) in [5.41, 5.74) is 11.2. The summed E-state index contributed by atoms with van der Waals surface area (Å²) >= 11 is 1.80. The van der Waals surface area contributed by atoms with Gasteiger partial charge >= 0.3 is 0 Å². The number of nitrogens with zero attached hydrogens (tertiary/aromatic N) is 5. The standard InChI is InChI=1S/C57H33N5OS/c1-3-15-34(16-4-1)55-58-56(35-27-30-49-43(31-35)39-20-9-13-25-48(39)63-49)60-57(59-55)44-32-37(33-51-52(44)42-22-10-14-26-50(42)64-51)61-46-24-12-8-21-41(46)53-47(61)29-28-40-38-19-7-11-23-45(38)62(54(40)53)36-17-5-2-6-18-36/h1-33H. The van der Waals surface area contributed by atoms with Crippen LogP contribution in [-0.4, -0.2) is 24.1 Å². The number of rotatable bonds is 5. The van der Waals surface area contributed by atoms with Crippen LogP contribution in [0.25, 0.3) is 131 Å². The number of fused-ring (bicyclic) bond motifs is 13. The second kappa shape index (κ2) is 13.6. The lowest BCUT2D eigenvalue weighted by Crippen LogP contribution is -2.01. The van der Waals surface area contributed by atoms with E-state index in [1.807, 2.05) is 42.5 Å². The Bertz CT molecular complexity index is 4200. The van der Waals surface area contributed by atoms with Crippen LogP contribution in [-0.2, 0) is 0 Å². The Morgan fingerprint density at radius 3 is 1.83 bits per heavy atom. The summed E-state index contributed by atoms with van der Waals surface area (Å²) in [4.78, 5) is 15.9. The minimum absolute atomic E-state index is 0.599. The Morgan fingerprint density at radius 2 is 1.00 bits per heavy atom. The van der Waals surface area contributed by atoms with Gasteiger partial charge in [0.25, 0.3) is 0 Å². The molecule has 0 radical (unpaired) electrons. The largest absolute Gasteiger partial charge is 0.456 e. The number of para-hydroxylation sites is 4. The van der Waals surface area contributed by atoms with Gasteiger partial charge in [0.1, 0.15) is 11.2 Å². The first-order chi connectivity index (χ1) is 31.7. The number of furan rings is 1. The lowest BCUT2D eigenvalue weighted by Gasteiger charge is -2.14. The molecule has 298 valence electrons. The molecule has 0 unspecified atom stereocenters. The zero-order valence-corrected chi connectivity index (χ0v) is 34.9. The molecule has 64 heavy (non-hydrogen) atoms. The van der Waals surface area contributed by atoms with Gasteiger partial charge in [-0.1, -0.05) is 127 Å². The number of hydrogen-bond acceptors (Lipinski definition) is 5. The smallest absolute Gasteiger partial charge is 0.164 e. The summed E-state index contributed by atoms with van der Waals surface area (Å²) in [5.74, 6) is 1.83. The molecule has 7 heteroatoms. The lowest BCUT2D eigenvalue weighted by atomic mass is 10.0. The van der Waals surface area contributed by atoms with Crippen LogP contribution in [0.1, 0.15) is 0 Å². The molecule has 0 saturated carbocycles. The van der Waals surface area contributed by atoms with Crippen molar-refractivity contribution in [1.29, 1.82) is 0 Å². The van der Waals surface area contributed by atoms with Crippen molar-refractivity contribution in [3.63, 3.8) is 0 Å². The summed E-state index contributed by atoms with van der Waals surface area (Å²) < 4.78 is 13.5. The highest BCUT2D eigenvalue weighted by atomic mass is 32.1. The van der Waals surface area contributed by atoms with Crippen LogP contribution in [0.3, 0.4) is 0 Å². The SMILES string of the molecule is c1ccc(-c2nc(-c3ccc4oc5ccccc5c4c3)nc(-c3cc(-n4c5ccccc5c5c4ccc4c6ccccc6n(-c6ccccc6)c45)cc4sc5ccccc5c34)n2)cc1. The second-order valence-corrected chi connectivity index (χ2v) is 17.4. The fourth-order valence-corrected chi connectivity index (χ4v) is 11.1. The third kappa shape index (κ3) is 5.16. The molecule has 5 aromatic heterocycles. The van der Waals surface area contributed by atoms with Crippen molar-refractivity contribution in [3.8, 4) is 45.5 Å². The number of thiophene rings is 1. The van der Waals surface area contributed by atoms with E-state index < -0.39 is 0 Å². The monoisotopic (exact) mass is 835 g/mol. The maximum absolute atomic E-state index is 6.23. The molecule has 6 nitrogen and oxygen atoms in total. The maximum Gasteiger partial charge on any atom is 0.164 e. The zero-order chi connectivity index (χ0) is 41.9. The average Bonchev–Trinajstić information content (AvgIpc) is 4.11. The van der Waals surface area contributed by atoms with Gasteiger partial charge in [0.15, 0.2) is 17.5 Å². The van der Waals surface area contributed by atoms with Crippen molar-refractivity contribution in [2.45, 2.75) is 0 Å². The van der Waals surface area contributed by atoms with E-state index in [1.165, 1.54) is 42.7 Å². The highest BCUT2D eigenvalue weighted by molar-refractivity contribution is 7.26. The predicted molar refractivity (Wildman–Crippen MR) is 265 cm³/mol. The maximum atomic E-state index is 6.23. The van der Waals surface area contributed by atoms with E-state index >= 15 is 0 Å². The van der Waals surface area contributed by atoms with Crippen LogP contribution in [0.2, 0.25) is 0 Å². The second-order valence-electron chi connectivity index (χ2n) is 16.3. The third-order valence-corrected chi connectivity index (χ3v) is 13.9. The van der Waals surface area contributed by atoms with E-state index in [-0.39, 0.29) is 0 Å². The van der Waals surface area contributed by atoms with Crippen LogP contribution >= 0.6 is 11.3 Å². The first-order valence-electron chi connectivity index (χ1n) is 21.4. The lowest BCUT2D eigenvalue weighted by molar-refractivity contribution is 0.669. The van der Waals surface area contributed by atoms with Gasteiger partial charge < -0.3 is 13.6 Å². The molecule has 0 fully saturated rings. The van der Waals surface area contributed by atoms with Gasteiger partial charge in [-0.3, -0.25) is 0 Å². The molecular weight excluding hydrogens is 803 g/mol. The van der Waals surface area contributed by atoms with Crippen LogP contribution in [0.4, 0.5) is 0 Å². The summed E-state index contributed by atoms with van der Waals surface area (Å²) in [5, 5.41) is 9.25. The van der Waals surface area contributed by atoms with Gasteiger partial charge in [-0.05, 0) is 72.8 Å². The van der Waals surface area contributed by atoms with Crippen molar-refractivity contribution in [2.75, 3.05) is 0 Å². The molecule has 5 heterocycles. The van der Waals surface area contributed by atoms with Crippen molar-refractivity contribution in [3.05, 3.63) is 200 Å². The summed E-state index contributed by atoms with van der Waals surface area (Å²) in [6.45, 7) is 0. The van der Waals surface area contributed by atoms with Gasteiger partial charge in [0, 0.05) is 80.6 Å². The van der Waals surface area contributed by atoms with Gasteiger partial charge in [0.2, 0.25) is 0 Å². The molecular formula is C57H33N5OS. The number of hydrogen-bond donors (Lipinski definition) is 0. The van der Waals surface area contributed by atoms with Gasteiger partial charge in [0.05, 0.1) is 22.1 Å². The van der Waals surface area contributed by atoms with Crippen LogP contribution in [0.5, 0.6) is 0 Å². The Kier molecular flexibility index (Phi) is 7.46.